The van der Waals surface area contributed by atoms with Crippen molar-refractivity contribution in [3.8, 4) is 5.75 Å². The number of hydrogen-bond donors (Lipinski definition) is 1. The average molecular weight is 606 g/mol. The Morgan fingerprint density at radius 3 is 2.76 bits per heavy atom. The molecule has 1 fully saturated rings. The van der Waals surface area contributed by atoms with E-state index in [-0.39, 0.29) is 18.2 Å². The van der Waals surface area contributed by atoms with Gasteiger partial charge in [-0.1, -0.05) is 35.9 Å². The summed E-state index contributed by atoms with van der Waals surface area (Å²) < 4.78 is 6.69. The molecule has 10 heteroatoms. The summed E-state index contributed by atoms with van der Waals surface area (Å²) in [6.07, 6.45) is 1.79. The van der Waals surface area contributed by atoms with Gasteiger partial charge in [-0.3, -0.25) is 14.9 Å². The van der Waals surface area contributed by atoms with Crippen LogP contribution in [-0.2, 0) is 11.4 Å². The number of nitrogens with one attached hydrogen (secondary N) is 1. The van der Waals surface area contributed by atoms with Crippen LogP contribution in [0.4, 0.5) is 11.4 Å². The number of rotatable bonds is 6. The Hall–Kier alpha value is -2.89. The van der Waals surface area contributed by atoms with E-state index in [2.05, 4.69) is 32.9 Å². The Bertz CT molecular complexity index is 1360. The molecule has 0 radical (unpaired) electrons. The maximum Gasteiger partial charge on any atom is 0.269 e. The molecule has 3 aromatic carbocycles. The number of hydrogen-bond acceptors (Lipinski definition) is 6. The average Bonchev–Trinajstić information content (AvgIpc) is 3.15. The third-order valence-corrected chi connectivity index (χ3v) is 7.04. The Balaban J connectivity index is 1.46. The van der Waals surface area contributed by atoms with Gasteiger partial charge < -0.3 is 10.1 Å². The molecule has 0 spiro atoms. The van der Waals surface area contributed by atoms with E-state index in [1.54, 1.807) is 24.3 Å². The van der Waals surface area contributed by atoms with Gasteiger partial charge >= 0.3 is 0 Å². The van der Waals surface area contributed by atoms with Gasteiger partial charge in [0.05, 0.1) is 19.1 Å². The van der Waals surface area contributed by atoms with Gasteiger partial charge in [0.25, 0.3) is 11.6 Å². The molecule has 0 aromatic heterocycles. The van der Waals surface area contributed by atoms with Crippen molar-refractivity contribution in [3.63, 3.8) is 0 Å². The van der Waals surface area contributed by atoms with E-state index in [0.717, 1.165) is 14.7 Å². The lowest BCUT2D eigenvalue weighted by molar-refractivity contribution is -0.384. The summed E-state index contributed by atoms with van der Waals surface area (Å²) >= 11 is 9.58. The Morgan fingerprint density at radius 2 is 2.00 bits per heavy atom. The normalized spacial score (nSPS) is 15.6. The molecule has 172 valence electrons. The fourth-order valence-electron chi connectivity index (χ4n) is 3.10. The quantitative estimate of drug-likeness (QED) is 0.147. The second-order valence-electron chi connectivity index (χ2n) is 7.27. The van der Waals surface area contributed by atoms with Gasteiger partial charge in [-0.05, 0) is 88.3 Å². The van der Waals surface area contributed by atoms with Crippen LogP contribution in [0.5, 0.6) is 5.75 Å². The molecule has 34 heavy (non-hydrogen) atoms. The number of nitrogens with zero attached hydrogens (tertiary/aromatic N) is 2. The second kappa shape index (κ2) is 10.6. The van der Waals surface area contributed by atoms with E-state index in [4.69, 9.17) is 16.3 Å². The van der Waals surface area contributed by atoms with Crippen LogP contribution in [0.15, 0.2) is 70.6 Å². The highest BCUT2D eigenvalue weighted by atomic mass is 127. The first-order chi connectivity index (χ1) is 16.3. The van der Waals surface area contributed by atoms with E-state index in [1.165, 1.54) is 23.9 Å². The second-order valence-corrected chi connectivity index (χ2v) is 9.87. The van der Waals surface area contributed by atoms with Crippen molar-refractivity contribution < 1.29 is 14.5 Å². The molecule has 3 aromatic rings. The zero-order valence-electron chi connectivity index (χ0n) is 17.7. The first-order valence-electron chi connectivity index (χ1n) is 10.0. The standard InChI is InChI=1S/C24H17ClIN3O4S/c1-14-18(25)6-3-7-20(14)27-24-28-23(30)22(34-24)12-15-8-9-21(19(26)11-15)33-13-16-4-2-5-17(10-16)29(31)32/h2-12H,13H2,1H3,(H,27,28,30)/b22-12+. The summed E-state index contributed by atoms with van der Waals surface area (Å²) in [4.78, 5) is 28.0. The highest BCUT2D eigenvalue weighted by Gasteiger charge is 2.24. The lowest BCUT2D eigenvalue weighted by Crippen LogP contribution is -2.19. The van der Waals surface area contributed by atoms with Crippen molar-refractivity contribution in [2.45, 2.75) is 13.5 Å². The minimum atomic E-state index is -0.432. The SMILES string of the molecule is Cc1c(Cl)cccc1N=C1NC(=O)/C(=C\c2ccc(OCc3cccc([N+](=O)[O-])c3)c(I)c2)S1. The van der Waals surface area contributed by atoms with Crippen LogP contribution >= 0.6 is 46.0 Å². The van der Waals surface area contributed by atoms with Crippen LogP contribution in [0.3, 0.4) is 0 Å². The molecule has 1 saturated heterocycles. The smallest absolute Gasteiger partial charge is 0.269 e. The van der Waals surface area contributed by atoms with Crippen molar-refractivity contribution >= 4 is 74.5 Å². The first kappa shape index (κ1) is 24.2. The number of carbonyl (C=O) groups excluding carboxylic acids is 1. The monoisotopic (exact) mass is 605 g/mol. The Kier molecular flexibility index (Phi) is 7.54. The van der Waals surface area contributed by atoms with Crippen LogP contribution in [0.25, 0.3) is 6.08 Å². The van der Waals surface area contributed by atoms with Crippen molar-refractivity contribution in [2.75, 3.05) is 0 Å². The summed E-state index contributed by atoms with van der Waals surface area (Å²) in [5, 5.41) is 14.8. The van der Waals surface area contributed by atoms with Gasteiger partial charge in [0.15, 0.2) is 5.17 Å². The van der Waals surface area contributed by atoms with Crippen molar-refractivity contribution in [1.29, 1.82) is 0 Å². The van der Waals surface area contributed by atoms with Gasteiger partial charge in [0, 0.05) is 17.2 Å². The van der Waals surface area contributed by atoms with Crippen LogP contribution in [0.1, 0.15) is 16.7 Å². The number of aliphatic imine (C=N–C) groups is 1. The molecule has 0 bridgehead atoms. The number of nitro benzene ring substituents is 1. The molecule has 1 aliphatic heterocycles. The van der Waals surface area contributed by atoms with E-state index in [1.807, 2.05) is 37.3 Å². The van der Waals surface area contributed by atoms with Crippen molar-refractivity contribution in [1.82, 2.24) is 5.32 Å². The molecular formula is C24H17ClIN3O4S. The highest BCUT2D eigenvalue weighted by molar-refractivity contribution is 14.1. The number of ether oxygens (including phenoxy) is 1. The van der Waals surface area contributed by atoms with E-state index >= 15 is 0 Å². The molecular weight excluding hydrogens is 589 g/mol. The minimum absolute atomic E-state index is 0.0264. The Labute approximate surface area is 218 Å². The number of amides is 1. The molecule has 1 heterocycles. The number of amidine groups is 1. The topological polar surface area (TPSA) is 93.8 Å². The molecule has 0 unspecified atom stereocenters. The molecule has 1 N–H and O–H groups in total. The zero-order valence-corrected chi connectivity index (χ0v) is 21.5. The third kappa shape index (κ3) is 5.78. The molecule has 0 saturated carbocycles. The third-order valence-electron chi connectivity index (χ3n) is 4.88. The predicted molar refractivity (Wildman–Crippen MR) is 144 cm³/mol. The lowest BCUT2D eigenvalue weighted by Gasteiger charge is -2.09. The number of halogens is 2. The van der Waals surface area contributed by atoms with Gasteiger partial charge in [-0.2, -0.15) is 0 Å². The van der Waals surface area contributed by atoms with Crippen LogP contribution < -0.4 is 10.1 Å². The van der Waals surface area contributed by atoms with E-state index in [9.17, 15) is 14.9 Å². The molecule has 0 atom stereocenters. The maximum absolute atomic E-state index is 12.4. The summed E-state index contributed by atoms with van der Waals surface area (Å²) in [6, 6.07) is 17.4. The molecule has 0 aliphatic carbocycles. The zero-order chi connectivity index (χ0) is 24.2. The molecule has 7 nitrogen and oxygen atoms in total. The van der Waals surface area contributed by atoms with Crippen LogP contribution in [0, 0.1) is 20.6 Å². The number of carbonyl (C=O) groups is 1. The predicted octanol–water partition coefficient (Wildman–Crippen LogP) is 6.63. The van der Waals surface area contributed by atoms with Crippen LogP contribution in [-0.4, -0.2) is 16.0 Å². The van der Waals surface area contributed by atoms with E-state index in [0.29, 0.717) is 32.1 Å². The van der Waals surface area contributed by atoms with Gasteiger partial charge in [-0.15, -0.1) is 0 Å². The van der Waals surface area contributed by atoms with Gasteiger partial charge in [0.2, 0.25) is 0 Å². The largest absolute Gasteiger partial charge is 0.488 e. The summed E-state index contributed by atoms with van der Waals surface area (Å²) in [6.45, 7) is 2.09. The summed E-state index contributed by atoms with van der Waals surface area (Å²) in [7, 11) is 0. The summed E-state index contributed by atoms with van der Waals surface area (Å²) in [5.74, 6) is 0.431. The molecule has 1 amide bonds. The van der Waals surface area contributed by atoms with Gasteiger partial charge in [0.1, 0.15) is 12.4 Å². The van der Waals surface area contributed by atoms with Crippen molar-refractivity contribution in [3.05, 3.63) is 101 Å². The first-order valence-corrected chi connectivity index (χ1v) is 12.3. The number of non-ortho nitro benzene ring substituents is 1. The van der Waals surface area contributed by atoms with Crippen molar-refractivity contribution in [2.24, 2.45) is 4.99 Å². The van der Waals surface area contributed by atoms with Crippen LogP contribution in [0.2, 0.25) is 5.02 Å². The fourth-order valence-corrected chi connectivity index (χ4v) is 4.80. The Morgan fingerprint density at radius 1 is 1.21 bits per heavy atom. The number of thioether (sulfide) groups is 1. The lowest BCUT2D eigenvalue weighted by atomic mass is 10.2. The summed E-state index contributed by atoms with van der Waals surface area (Å²) in [5.41, 5.74) is 3.12. The molecule has 4 rings (SSSR count). The fraction of sp³-hybridized carbons (Fsp3) is 0.0833. The van der Waals surface area contributed by atoms with Gasteiger partial charge in [-0.25, -0.2) is 4.99 Å². The maximum atomic E-state index is 12.4. The minimum Gasteiger partial charge on any atom is -0.488 e. The highest BCUT2D eigenvalue weighted by Crippen LogP contribution is 2.32. The number of benzene rings is 3. The number of nitro groups is 1. The molecule has 1 aliphatic rings. The van der Waals surface area contributed by atoms with E-state index < -0.39 is 4.92 Å².